The molecule has 0 aliphatic rings. The van der Waals surface area contributed by atoms with E-state index in [0.29, 0.717) is 0 Å². The first-order valence-corrected chi connectivity index (χ1v) is 6.57. The van der Waals surface area contributed by atoms with Crippen molar-refractivity contribution in [1.29, 1.82) is 0 Å². The molecule has 0 aromatic heterocycles. The molecule has 2 amide bonds. The van der Waals surface area contributed by atoms with Crippen LogP contribution in [-0.4, -0.2) is 28.9 Å². The molecule has 0 aliphatic heterocycles. The highest BCUT2D eigenvalue weighted by Gasteiger charge is 2.20. The zero-order valence-corrected chi connectivity index (χ0v) is 12.2. The number of rotatable bonds is 6. The quantitative estimate of drug-likeness (QED) is 0.700. The van der Waals surface area contributed by atoms with Gasteiger partial charge in [-0.3, -0.25) is 9.59 Å². The number of amides is 2. The number of nitrogens with one attached hydrogen (secondary N) is 2. The van der Waals surface area contributed by atoms with Crippen molar-refractivity contribution in [2.24, 2.45) is 0 Å². The fourth-order valence-corrected chi connectivity index (χ4v) is 1.69. The van der Waals surface area contributed by atoms with Crippen molar-refractivity contribution in [3.05, 3.63) is 41.7 Å². The summed E-state index contributed by atoms with van der Waals surface area (Å²) in [5, 5.41) is 13.6. The number of carboxylic acids is 1. The molecule has 0 radical (unpaired) electrons. The second-order valence-corrected chi connectivity index (χ2v) is 4.54. The van der Waals surface area contributed by atoms with E-state index in [1.165, 1.54) is 13.0 Å². The number of benzene rings is 1. The van der Waals surface area contributed by atoms with E-state index in [1.54, 1.807) is 19.1 Å². The number of carboxylic acid groups (broad SMARTS) is 1. The van der Waals surface area contributed by atoms with E-state index in [2.05, 4.69) is 10.6 Å². The van der Waals surface area contributed by atoms with Gasteiger partial charge < -0.3 is 15.7 Å². The third-order valence-electron chi connectivity index (χ3n) is 2.75. The molecular weight excluding hydrogens is 291 g/mol. The van der Waals surface area contributed by atoms with E-state index in [1.807, 2.05) is 0 Å². The molecule has 0 aliphatic carbocycles. The average Bonchev–Trinajstić information content (AvgIpc) is 2.44. The van der Waals surface area contributed by atoms with Crippen LogP contribution < -0.4 is 10.6 Å². The topological polar surface area (TPSA) is 95.5 Å². The van der Waals surface area contributed by atoms with Crippen molar-refractivity contribution in [1.82, 2.24) is 5.32 Å². The van der Waals surface area contributed by atoms with Gasteiger partial charge in [-0.25, -0.2) is 9.18 Å². The smallest absolute Gasteiger partial charge is 0.326 e. The van der Waals surface area contributed by atoms with Gasteiger partial charge in [0, 0.05) is 12.5 Å². The van der Waals surface area contributed by atoms with Crippen molar-refractivity contribution in [3.63, 3.8) is 0 Å². The van der Waals surface area contributed by atoms with Crippen LogP contribution in [0.4, 0.5) is 10.1 Å². The van der Waals surface area contributed by atoms with Crippen LogP contribution in [0.2, 0.25) is 0 Å². The minimum atomic E-state index is -1.17. The van der Waals surface area contributed by atoms with Gasteiger partial charge in [-0.1, -0.05) is 12.2 Å². The van der Waals surface area contributed by atoms with Gasteiger partial charge in [0.25, 0.3) is 5.91 Å². The van der Waals surface area contributed by atoms with E-state index in [0.717, 1.165) is 12.1 Å². The van der Waals surface area contributed by atoms with Crippen LogP contribution in [0.25, 0.3) is 0 Å². The van der Waals surface area contributed by atoms with Gasteiger partial charge in [0.1, 0.15) is 11.9 Å². The maximum Gasteiger partial charge on any atom is 0.326 e. The lowest BCUT2D eigenvalue weighted by Crippen LogP contribution is -2.40. The second kappa shape index (κ2) is 7.92. The van der Waals surface area contributed by atoms with Crippen LogP contribution in [0.1, 0.15) is 30.6 Å². The SMILES string of the molecule is C/C=C/CC(NC(=O)c1ccc(F)c(NC(C)=O)c1)C(=O)O. The minimum absolute atomic E-state index is 0.0527. The first-order valence-electron chi connectivity index (χ1n) is 6.57. The Labute approximate surface area is 127 Å². The summed E-state index contributed by atoms with van der Waals surface area (Å²) < 4.78 is 13.5. The average molecular weight is 308 g/mol. The summed E-state index contributed by atoms with van der Waals surface area (Å²) in [5.74, 6) is -3.00. The Morgan fingerprint density at radius 3 is 2.59 bits per heavy atom. The first-order chi connectivity index (χ1) is 10.3. The number of carbonyl (C=O) groups is 3. The van der Waals surface area contributed by atoms with Crippen molar-refractivity contribution >= 4 is 23.5 Å². The lowest BCUT2D eigenvalue weighted by Gasteiger charge is -2.13. The summed E-state index contributed by atoms with van der Waals surface area (Å²) in [6.45, 7) is 2.95. The fraction of sp³-hybridized carbons (Fsp3) is 0.267. The van der Waals surface area contributed by atoms with Crippen LogP contribution in [0.5, 0.6) is 0 Å². The van der Waals surface area contributed by atoms with Gasteiger partial charge in [0.15, 0.2) is 0 Å². The van der Waals surface area contributed by atoms with Gasteiger partial charge >= 0.3 is 5.97 Å². The highest BCUT2D eigenvalue weighted by atomic mass is 19.1. The van der Waals surface area contributed by atoms with Crippen LogP contribution in [0, 0.1) is 5.82 Å². The largest absolute Gasteiger partial charge is 0.480 e. The number of aliphatic carboxylic acids is 1. The van der Waals surface area contributed by atoms with Crippen LogP contribution in [0.15, 0.2) is 30.4 Å². The predicted octanol–water partition coefficient (Wildman–Crippen LogP) is 1.93. The van der Waals surface area contributed by atoms with Crippen molar-refractivity contribution in [2.75, 3.05) is 5.32 Å². The van der Waals surface area contributed by atoms with Crippen molar-refractivity contribution < 1.29 is 23.9 Å². The monoisotopic (exact) mass is 308 g/mol. The molecule has 0 heterocycles. The Morgan fingerprint density at radius 2 is 2.05 bits per heavy atom. The Balaban J connectivity index is 2.92. The molecule has 7 heteroatoms. The van der Waals surface area contributed by atoms with Crippen LogP contribution in [-0.2, 0) is 9.59 Å². The number of anilines is 1. The molecule has 1 atom stereocenters. The summed E-state index contributed by atoms with van der Waals surface area (Å²) >= 11 is 0. The van der Waals surface area contributed by atoms with Crippen LogP contribution >= 0.6 is 0 Å². The zero-order valence-electron chi connectivity index (χ0n) is 12.2. The molecule has 0 bridgehead atoms. The van der Waals surface area contributed by atoms with Crippen LogP contribution in [0.3, 0.4) is 0 Å². The highest BCUT2D eigenvalue weighted by molar-refractivity contribution is 5.98. The summed E-state index contributed by atoms with van der Waals surface area (Å²) in [7, 11) is 0. The fourth-order valence-electron chi connectivity index (χ4n) is 1.69. The molecule has 1 rings (SSSR count). The molecule has 0 saturated carbocycles. The molecular formula is C15H17FN2O4. The minimum Gasteiger partial charge on any atom is -0.480 e. The number of halogens is 1. The van der Waals surface area contributed by atoms with Gasteiger partial charge in [-0.15, -0.1) is 0 Å². The van der Waals surface area contributed by atoms with Crippen molar-refractivity contribution in [2.45, 2.75) is 26.3 Å². The zero-order chi connectivity index (χ0) is 16.7. The van der Waals surface area contributed by atoms with E-state index >= 15 is 0 Å². The molecule has 0 fully saturated rings. The number of carbonyl (C=O) groups excluding carboxylic acids is 2. The Kier molecular flexibility index (Phi) is 6.25. The molecule has 1 aromatic carbocycles. The summed E-state index contributed by atoms with van der Waals surface area (Å²) in [4.78, 5) is 34.1. The number of hydrogen-bond acceptors (Lipinski definition) is 3. The molecule has 1 aromatic rings. The van der Waals surface area contributed by atoms with E-state index in [9.17, 15) is 18.8 Å². The second-order valence-electron chi connectivity index (χ2n) is 4.54. The van der Waals surface area contributed by atoms with E-state index < -0.39 is 29.6 Å². The lowest BCUT2D eigenvalue weighted by molar-refractivity contribution is -0.139. The molecule has 3 N–H and O–H groups in total. The van der Waals surface area contributed by atoms with Gasteiger partial charge in [-0.05, 0) is 31.5 Å². The molecule has 6 nitrogen and oxygen atoms in total. The summed E-state index contributed by atoms with van der Waals surface area (Å²) in [6.07, 6.45) is 3.43. The van der Waals surface area contributed by atoms with E-state index in [4.69, 9.17) is 5.11 Å². The van der Waals surface area contributed by atoms with Gasteiger partial charge in [-0.2, -0.15) is 0 Å². The predicted molar refractivity (Wildman–Crippen MR) is 79.0 cm³/mol. The normalized spacial score (nSPS) is 12.0. The number of allylic oxidation sites excluding steroid dienone is 1. The standard InChI is InChI=1S/C15H17FN2O4/c1-3-4-5-12(15(21)22)18-14(20)10-6-7-11(16)13(8-10)17-9(2)19/h3-4,6-8,12H,5H2,1-2H3,(H,17,19)(H,18,20)(H,21,22)/b4-3+. The first kappa shape index (κ1) is 17.4. The third-order valence-corrected chi connectivity index (χ3v) is 2.75. The Bertz CT molecular complexity index is 614. The van der Waals surface area contributed by atoms with Crippen molar-refractivity contribution in [3.8, 4) is 0 Å². The molecule has 22 heavy (non-hydrogen) atoms. The third kappa shape index (κ3) is 5.01. The van der Waals surface area contributed by atoms with E-state index in [-0.39, 0.29) is 17.7 Å². The molecule has 118 valence electrons. The Morgan fingerprint density at radius 1 is 1.36 bits per heavy atom. The summed E-state index contributed by atoms with van der Waals surface area (Å²) in [6, 6.07) is 2.31. The molecule has 0 spiro atoms. The lowest BCUT2D eigenvalue weighted by atomic mass is 10.1. The van der Waals surface area contributed by atoms with Gasteiger partial charge in [0.05, 0.1) is 5.69 Å². The Hall–Kier alpha value is -2.70. The molecule has 0 saturated heterocycles. The molecule has 1 unspecified atom stereocenters. The maximum absolute atomic E-state index is 13.5. The van der Waals surface area contributed by atoms with Gasteiger partial charge in [0.2, 0.25) is 5.91 Å². The maximum atomic E-state index is 13.5. The highest BCUT2D eigenvalue weighted by Crippen LogP contribution is 2.16. The number of hydrogen-bond donors (Lipinski definition) is 3. The summed E-state index contributed by atoms with van der Waals surface area (Å²) in [5.41, 5.74) is -0.0858.